The van der Waals surface area contributed by atoms with Crippen molar-refractivity contribution < 1.29 is 4.79 Å². The number of anilines is 1. The molecular formula is C22H27Cl3N4O. The van der Waals surface area contributed by atoms with Crippen molar-refractivity contribution in [1.29, 1.82) is 0 Å². The third-order valence-electron chi connectivity index (χ3n) is 5.45. The summed E-state index contributed by atoms with van der Waals surface area (Å²) in [6, 6.07) is 13.7. The summed E-state index contributed by atoms with van der Waals surface area (Å²) in [6.07, 6.45) is 2.64. The number of benzene rings is 2. The second-order valence-electron chi connectivity index (χ2n) is 7.49. The van der Waals surface area contributed by atoms with Gasteiger partial charge in [0.05, 0.1) is 17.6 Å². The minimum absolute atomic E-state index is 0. The number of aromatic nitrogens is 2. The lowest BCUT2D eigenvalue weighted by molar-refractivity contribution is -0.116. The highest BCUT2D eigenvalue weighted by Gasteiger charge is 2.16. The van der Waals surface area contributed by atoms with Crippen molar-refractivity contribution in [3.05, 3.63) is 58.9 Å². The number of hydrogen-bond acceptors (Lipinski definition) is 3. The van der Waals surface area contributed by atoms with Crippen LogP contribution in [-0.4, -0.2) is 28.5 Å². The molecule has 2 N–H and O–H groups in total. The fourth-order valence-corrected chi connectivity index (χ4v) is 4.04. The molecular weight excluding hydrogens is 443 g/mol. The molecule has 1 saturated heterocycles. The summed E-state index contributed by atoms with van der Waals surface area (Å²) < 4.78 is 2.15. The van der Waals surface area contributed by atoms with E-state index in [1.54, 1.807) is 0 Å². The summed E-state index contributed by atoms with van der Waals surface area (Å²) in [6.45, 7) is 4.70. The first kappa shape index (κ1) is 24.5. The normalized spacial score (nSPS) is 15.5. The summed E-state index contributed by atoms with van der Waals surface area (Å²) in [7, 11) is 0. The fraction of sp³-hybridized carbons (Fsp3) is 0.364. The SMILES string of the molecule is Cc1nc2ccccc2n1Cc1cc(NC(=O)CCC2CCNC2)ccc1Cl.Cl.Cl. The molecule has 0 spiro atoms. The zero-order valence-corrected chi connectivity index (χ0v) is 19.2. The van der Waals surface area contributed by atoms with E-state index in [0.717, 1.165) is 54.0 Å². The predicted octanol–water partition coefficient (Wildman–Crippen LogP) is 5.22. The molecule has 8 heteroatoms. The van der Waals surface area contributed by atoms with Gasteiger partial charge in [-0.2, -0.15) is 0 Å². The van der Waals surface area contributed by atoms with Gasteiger partial charge in [0.1, 0.15) is 5.82 Å². The van der Waals surface area contributed by atoms with Crippen molar-refractivity contribution in [3.63, 3.8) is 0 Å². The monoisotopic (exact) mass is 468 g/mol. The van der Waals surface area contributed by atoms with Crippen molar-refractivity contribution in [1.82, 2.24) is 14.9 Å². The van der Waals surface area contributed by atoms with Gasteiger partial charge in [0, 0.05) is 17.1 Å². The van der Waals surface area contributed by atoms with Crippen molar-refractivity contribution >= 4 is 59.0 Å². The Morgan fingerprint density at radius 3 is 2.83 bits per heavy atom. The molecule has 2 heterocycles. The second kappa shape index (κ2) is 11.0. The van der Waals surface area contributed by atoms with E-state index in [4.69, 9.17) is 11.6 Å². The number of fused-ring (bicyclic) bond motifs is 1. The first-order chi connectivity index (χ1) is 13.6. The maximum absolute atomic E-state index is 12.3. The third kappa shape index (κ3) is 5.67. The molecule has 0 saturated carbocycles. The van der Waals surface area contributed by atoms with Crippen LogP contribution in [0.1, 0.15) is 30.7 Å². The molecule has 1 aliphatic rings. The number of amides is 1. The van der Waals surface area contributed by atoms with Crippen LogP contribution in [0.15, 0.2) is 42.5 Å². The van der Waals surface area contributed by atoms with E-state index in [1.807, 2.05) is 43.3 Å². The lowest BCUT2D eigenvalue weighted by Gasteiger charge is -2.12. The average molecular weight is 470 g/mol. The summed E-state index contributed by atoms with van der Waals surface area (Å²) in [5, 5.41) is 7.05. The number of hydrogen-bond donors (Lipinski definition) is 2. The number of nitrogens with zero attached hydrogens (tertiary/aromatic N) is 2. The Balaban J connectivity index is 0.00000160. The summed E-state index contributed by atoms with van der Waals surface area (Å²) in [5.41, 5.74) is 3.80. The van der Waals surface area contributed by atoms with Gasteiger partial charge < -0.3 is 15.2 Å². The van der Waals surface area contributed by atoms with Gasteiger partial charge in [-0.15, -0.1) is 24.8 Å². The summed E-state index contributed by atoms with van der Waals surface area (Å²) in [4.78, 5) is 16.9. The largest absolute Gasteiger partial charge is 0.326 e. The number of nitrogens with one attached hydrogen (secondary N) is 2. The molecule has 1 atom stereocenters. The molecule has 0 radical (unpaired) electrons. The minimum atomic E-state index is 0. The molecule has 1 aromatic heterocycles. The van der Waals surface area contributed by atoms with Gasteiger partial charge in [-0.05, 0) is 74.7 Å². The quantitative estimate of drug-likeness (QED) is 0.520. The number of imidazole rings is 1. The molecule has 0 bridgehead atoms. The second-order valence-corrected chi connectivity index (χ2v) is 7.89. The van der Waals surface area contributed by atoms with Crippen LogP contribution in [0.25, 0.3) is 11.0 Å². The number of aryl methyl sites for hydroxylation is 1. The van der Waals surface area contributed by atoms with Crippen LogP contribution in [0.5, 0.6) is 0 Å². The van der Waals surface area contributed by atoms with Crippen LogP contribution in [0.2, 0.25) is 5.02 Å². The molecule has 162 valence electrons. The van der Waals surface area contributed by atoms with Crippen LogP contribution < -0.4 is 10.6 Å². The van der Waals surface area contributed by atoms with E-state index < -0.39 is 0 Å². The highest BCUT2D eigenvalue weighted by Crippen LogP contribution is 2.25. The molecule has 1 amide bonds. The number of rotatable bonds is 6. The van der Waals surface area contributed by atoms with Crippen LogP contribution in [0, 0.1) is 12.8 Å². The lowest BCUT2D eigenvalue weighted by Crippen LogP contribution is -2.15. The van der Waals surface area contributed by atoms with Gasteiger partial charge in [0.15, 0.2) is 0 Å². The Bertz CT molecular complexity index is 999. The van der Waals surface area contributed by atoms with E-state index in [1.165, 1.54) is 0 Å². The van der Waals surface area contributed by atoms with Gasteiger partial charge in [-0.1, -0.05) is 23.7 Å². The zero-order chi connectivity index (χ0) is 19.5. The lowest BCUT2D eigenvalue weighted by atomic mass is 10.0. The number of halogens is 3. The van der Waals surface area contributed by atoms with Gasteiger partial charge in [-0.25, -0.2) is 4.98 Å². The van der Waals surface area contributed by atoms with Crippen LogP contribution in [0.3, 0.4) is 0 Å². The molecule has 30 heavy (non-hydrogen) atoms. The number of para-hydroxylation sites is 2. The zero-order valence-electron chi connectivity index (χ0n) is 16.9. The molecule has 3 aromatic rings. The highest BCUT2D eigenvalue weighted by molar-refractivity contribution is 6.31. The maximum atomic E-state index is 12.3. The van der Waals surface area contributed by atoms with Crippen molar-refractivity contribution in [3.8, 4) is 0 Å². The molecule has 4 rings (SSSR count). The van der Waals surface area contributed by atoms with Crippen molar-refractivity contribution in [2.75, 3.05) is 18.4 Å². The minimum Gasteiger partial charge on any atom is -0.326 e. The first-order valence-electron chi connectivity index (χ1n) is 9.81. The van der Waals surface area contributed by atoms with Crippen molar-refractivity contribution in [2.45, 2.75) is 32.7 Å². The van der Waals surface area contributed by atoms with E-state index in [2.05, 4.69) is 26.3 Å². The first-order valence-corrected chi connectivity index (χ1v) is 10.2. The molecule has 1 fully saturated rings. The fourth-order valence-electron chi connectivity index (χ4n) is 3.86. The van der Waals surface area contributed by atoms with Gasteiger partial charge in [-0.3, -0.25) is 4.79 Å². The standard InChI is InChI=1S/C22H25ClN4O.2ClH/c1-15-25-20-4-2-3-5-21(20)27(15)14-17-12-18(7-8-19(17)23)26-22(28)9-6-16-10-11-24-13-16;;/h2-5,7-8,12,16,24H,6,9-11,13-14H2,1H3,(H,26,28);2*1H. The topological polar surface area (TPSA) is 59.0 Å². The van der Waals surface area contributed by atoms with Gasteiger partial charge in [0.2, 0.25) is 5.91 Å². The molecule has 5 nitrogen and oxygen atoms in total. The Hall–Kier alpha value is -1.79. The maximum Gasteiger partial charge on any atom is 0.224 e. The van der Waals surface area contributed by atoms with E-state index in [9.17, 15) is 4.79 Å². The Labute approximate surface area is 194 Å². The average Bonchev–Trinajstić information content (AvgIpc) is 3.31. The Morgan fingerprint density at radius 2 is 2.07 bits per heavy atom. The molecule has 1 aliphatic heterocycles. The third-order valence-corrected chi connectivity index (χ3v) is 5.81. The van der Waals surface area contributed by atoms with Crippen molar-refractivity contribution in [2.24, 2.45) is 5.92 Å². The molecule has 0 aliphatic carbocycles. The van der Waals surface area contributed by atoms with Crippen LogP contribution in [-0.2, 0) is 11.3 Å². The summed E-state index contributed by atoms with van der Waals surface area (Å²) in [5.74, 6) is 1.62. The Kier molecular flexibility index (Phi) is 8.98. The smallest absolute Gasteiger partial charge is 0.224 e. The predicted molar refractivity (Wildman–Crippen MR) is 128 cm³/mol. The Morgan fingerprint density at radius 1 is 1.27 bits per heavy atom. The van der Waals surface area contributed by atoms with E-state index in [-0.39, 0.29) is 30.7 Å². The van der Waals surface area contributed by atoms with Crippen LogP contribution in [0.4, 0.5) is 5.69 Å². The highest BCUT2D eigenvalue weighted by atomic mass is 35.5. The number of carbonyl (C=O) groups is 1. The van der Waals surface area contributed by atoms with E-state index >= 15 is 0 Å². The van der Waals surface area contributed by atoms with Gasteiger partial charge >= 0.3 is 0 Å². The van der Waals surface area contributed by atoms with Crippen LogP contribution >= 0.6 is 36.4 Å². The molecule has 1 unspecified atom stereocenters. The van der Waals surface area contributed by atoms with E-state index in [0.29, 0.717) is 23.9 Å². The van der Waals surface area contributed by atoms with Gasteiger partial charge in [0.25, 0.3) is 0 Å². The summed E-state index contributed by atoms with van der Waals surface area (Å²) >= 11 is 6.45. The molecule has 2 aromatic carbocycles. The number of carbonyl (C=O) groups excluding carboxylic acids is 1.